The molecule has 0 saturated carbocycles. The number of carbonyl (C=O) groups is 1. The van der Waals surface area contributed by atoms with Gasteiger partial charge in [-0.1, -0.05) is 17.7 Å². The van der Waals surface area contributed by atoms with Crippen LogP contribution in [-0.2, 0) is 9.53 Å². The predicted octanol–water partition coefficient (Wildman–Crippen LogP) is 3.15. The van der Waals surface area contributed by atoms with Gasteiger partial charge < -0.3 is 24.2 Å². The molecule has 0 atom stereocenters. The zero-order valence-corrected chi connectivity index (χ0v) is 24.2. The van der Waals surface area contributed by atoms with Crippen molar-refractivity contribution in [2.45, 2.75) is 31.4 Å². The van der Waals surface area contributed by atoms with Crippen LogP contribution >= 0.6 is 11.6 Å². The molecule has 210 valence electrons. The third-order valence-corrected chi connectivity index (χ3v) is 8.23. The van der Waals surface area contributed by atoms with E-state index in [0.717, 1.165) is 61.4 Å². The molecular formula is C28H38ClN7O3. The van der Waals surface area contributed by atoms with Crippen molar-refractivity contribution in [3.63, 3.8) is 0 Å². The maximum Gasteiger partial charge on any atom is 0.246 e. The third-order valence-electron chi connectivity index (χ3n) is 7.96. The molecule has 2 fully saturated rings. The lowest BCUT2D eigenvalue weighted by molar-refractivity contribution is -0.162. The molecule has 0 spiro atoms. The van der Waals surface area contributed by atoms with E-state index in [0.29, 0.717) is 29.9 Å². The summed E-state index contributed by atoms with van der Waals surface area (Å²) < 4.78 is 15.4. The fraction of sp³-hybridized carbons (Fsp3) is 0.536. The van der Waals surface area contributed by atoms with Crippen molar-refractivity contribution in [2.75, 3.05) is 67.6 Å². The number of pyridine rings is 1. The van der Waals surface area contributed by atoms with Crippen molar-refractivity contribution < 1.29 is 14.3 Å². The molecule has 11 heteroatoms. The monoisotopic (exact) mass is 555 g/mol. The Bertz CT molecular complexity index is 1350. The molecule has 5 heterocycles. The highest BCUT2D eigenvalue weighted by Gasteiger charge is 2.46. The number of rotatable bonds is 9. The number of fused-ring (bicyclic) bond motifs is 1. The van der Waals surface area contributed by atoms with E-state index in [1.807, 2.05) is 48.4 Å². The van der Waals surface area contributed by atoms with Crippen LogP contribution in [0.1, 0.15) is 24.6 Å². The quantitative estimate of drug-likeness (QED) is 0.375. The number of likely N-dealkylation sites (tertiary alicyclic amines) is 2. The molecule has 0 radical (unpaired) electrons. The molecular weight excluding hydrogens is 518 g/mol. The van der Waals surface area contributed by atoms with Crippen LogP contribution in [0.5, 0.6) is 5.75 Å². The van der Waals surface area contributed by atoms with Crippen LogP contribution in [0.4, 0.5) is 0 Å². The van der Waals surface area contributed by atoms with Gasteiger partial charge in [0.25, 0.3) is 0 Å². The summed E-state index contributed by atoms with van der Waals surface area (Å²) in [6.07, 6.45) is 11.1. The van der Waals surface area contributed by atoms with E-state index in [1.54, 1.807) is 31.0 Å². The van der Waals surface area contributed by atoms with Gasteiger partial charge in [-0.2, -0.15) is 10.2 Å². The van der Waals surface area contributed by atoms with Gasteiger partial charge in [-0.05, 0) is 39.9 Å². The van der Waals surface area contributed by atoms with Crippen molar-refractivity contribution in [1.29, 1.82) is 0 Å². The lowest BCUT2D eigenvalue weighted by Crippen LogP contribution is -2.68. The summed E-state index contributed by atoms with van der Waals surface area (Å²) in [5.74, 6) is 0.740. The molecule has 2 aliphatic heterocycles. The van der Waals surface area contributed by atoms with Crippen LogP contribution in [0.2, 0.25) is 5.02 Å². The number of carbonyl (C=O) groups excluding carboxylic acids is 1. The lowest BCUT2D eigenvalue weighted by atomic mass is 9.91. The van der Waals surface area contributed by atoms with Gasteiger partial charge in [-0.3, -0.25) is 9.48 Å². The molecule has 0 aromatic carbocycles. The Morgan fingerprint density at radius 2 is 1.95 bits per heavy atom. The Morgan fingerprint density at radius 3 is 2.62 bits per heavy atom. The van der Waals surface area contributed by atoms with Crippen LogP contribution in [0.3, 0.4) is 0 Å². The van der Waals surface area contributed by atoms with Crippen LogP contribution in [0.15, 0.2) is 36.8 Å². The number of nitrogens with zero attached hydrogens (tertiary/aromatic N) is 7. The molecule has 3 aromatic heterocycles. The highest BCUT2D eigenvalue weighted by Crippen LogP contribution is 2.35. The van der Waals surface area contributed by atoms with Crippen molar-refractivity contribution in [2.24, 2.45) is 0 Å². The number of amides is 1. The minimum atomic E-state index is -0.292. The Hall–Kier alpha value is -2.92. The molecule has 10 nitrogen and oxygen atoms in total. The highest BCUT2D eigenvalue weighted by molar-refractivity contribution is 6.34. The highest BCUT2D eigenvalue weighted by atomic mass is 35.5. The summed E-state index contributed by atoms with van der Waals surface area (Å²) in [6.45, 7) is 6.89. The summed E-state index contributed by atoms with van der Waals surface area (Å²) in [6, 6.07) is 2.33. The molecule has 0 bridgehead atoms. The number of piperidine rings is 1. The number of halogens is 1. The second-order valence-corrected chi connectivity index (χ2v) is 11.3. The number of aromatic nitrogens is 4. The van der Waals surface area contributed by atoms with E-state index in [1.165, 1.54) is 0 Å². The molecule has 3 aromatic rings. The van der Waals surface area contributed by atoms with E-state index in [-0.39, 0.29) is 11.5 Å². The summed E-state index contributed by atoms with van der Waals surface area (Å²) in [5, 5.41) is 9.71. The van der Waals surface area contributed by atoms with Gasteiger partial charge in [0.15, 0.2) is 0 Å². The zero-order valence-electron chi connectivity index (χ0n) is 23.4. The average Bonchev–Trinajstić information content (AvgIpc) is 3.47. The van der Waals surface area contributed by atoms with E-state index < -0.39 is 0 Å². The number of hydrogen-bond acceptors (Lipinski definition) is 7. The lowest BCUT2D eigenvalue weighted by Gasteiger charge is -2.51. The predicted molar refractivity (Wildman–Crippen MR) is 151 cm³/mol. The topological polar surface area (TPSA) is 80.4 Å². The number of hydrogen-bond donors (Lipinski definition) is 0. The van der Waals surface area contributed by atoms with Crippen LogP contribution < -0.4 is 4.74 Å². The summed E-state index contributed by atoms with van der Waals surface area (Å²) in [4.78, 5) is 18.8. The fourth-order valence-electron chi connectivity index (χ4n) is 5.72. The minimum Gasteiger partial charge on any atom is -0.494 e. The molecule has 5 rings (SSSR count). The van der Waals surface area contributed by atoms with Gasteiger partial charge in [-0.15, -0.1) is 0 Å². The summed E-state index contributed by atoms with van der Waals surface area (Å²) >= 11 is 6.30. The van der Waals surface area contributed by atoms with Gasteiger partial charge in [0, 0.05) is 62.4 Å². The molecule has 0 unspecified atom stereocenters. The molecule has 2 saturated heterocycles. The molecule has 0 aliphatic carbocycles. The average molecular weight is 556 g/mol. The Morgan fingerprint density at radius 1 is 1.21 bits per heavy atom. The first-order valence-corrected chi connectivity index (χ1v) is 13.7. The van der Waals surface area contributed by atoms with Crippen molar-refractivity contribution >= 4 is 23.0 Å². The van der Waals surface area contributed by atoms with Gasteiger partial charge >= 0.3 is 0 Å². The maximum atomic E-state index is 12.5. The standard InChI is InChI=1S/C28H38ClN7O3/c1-20-23(21-13-25(38-4)27-24(29)15-30-35(27)16-21)14-31-36(20)22-8-11-33(12-9-22)17-28(39-5)18-34(19-28)26(37)7-6-10-32(2)3/h6-7,13-16,22H,8-12,17-19H2,1-5H3/b7-6+. The number of methoxy groups -OCH3 is 2. The van der Waals surface area contributed by atoms with Crippen LogP contribution in [0, 0.1) is 6.92 Å². The first-order chi connectivity index (χ1) is 18.7. The van der Waals surface area contributed by atoms with Crippen LogP contribution in [0.25, 0.3) is 16.6 Å². The molecule has 2 aliphatic rings. The van der Waals surface area contributed by atoms with Crippen molar-refractivity contribution in [1.82, 2.24) is 34.1 Å². The Kier molecular flexibility index (Phi) is 8.00. The second-order valence-electron chi connectivity index (χ2n) is 10.9. The largest absolute Gasteiger partial charge is 0.494 e. The van der Waals surface area contributed by atoms with E-state index in [9.17, 15) is 4.79 Å². The zero-order chi connectivity index (χ0) is 27.7. The van der Waals surface area contributed by atoms with Crippen molar-refractivity contribution in [3.8, 4) is 16.9 Å². The fourth-order valence-corrected chi connectivity index (χ4v) is 5.95. The van der Waals surface area contributed by atoms with Gasteiger partial charge in [0.05, 0.1) is 43.7 Å². The first-order valence-electron chi connectivity index (χ1n) is 13.4. The van der Waals surface area contributed by atoms with E-state index in [2.05, 4.69) is 21.6 Å². The van der Waals surface area contributed by atoms with Crippen molar-refractivity contribution in [3.05, 3.63) is 47.5 Å². The molecule has 1 amide bonds. The number of likely N-dealkylation sites (N-methyl/N-ethyl adjacent to an activating group) is 1. The number of ether oxygens (including phenoxy) is 2. The minimum absolute atomic E-state index is 0.0561. The van der Waals surface area contributed by atoms with Gasteiger partial charge in [-0.25, -0.2) is 4.52 Å². The van der Waals surface area contributed by atoms with Crippen LogP contribution in [-0.4, -0.2) is 113 Å². The normalized spacial score (nSPS) is 18.4. The van der Waals surface area contributed by atoms with Gasteiger partial charge in [0.2, 0.25) is 5.91 Å². The summed E-state index contributed by atoms with van der Waals surface area (Å²) in [5.41, 5.74) is 3.63. The van der Waals surface area contributed by atoms with E-state index >= 15 is 0 Å². The molecule has 39 heavy (non-hydrogen) atoms. The summed E-state index contributed by atoms with van der Waals surface area (Å²) in [7, 11) is 7.37. The smallest absolute Gasteiger partial charge is 0.246 e. The first kappa shape index (κ1) is 27.6. The SMILES string of the molecule is COc1cc(-c2cnn(C3CCN(CC4(OC)CN(C(=O)/C=C/CN(C)C)C4)CC3)c2C)cn2ncc(Cl)c12. The van der Waals surface area contributed by atoms with E-state index in [4.69, 9.17) is 26.2 Å². The Labute approximate surface area is 234 Å². The Balaban J connectivity index is 1.19. The third kappa shape index (κ3) is 5.56. The molecule has 0 N–H and O–H groups in total. The maximum absolute atomic E-state index is 12.5. The second kappa shape index (κ2) is 11.3. The van der Waals surface area contributed by atoms with Gasteiger partial charge in [0.1, 0.15) is 16.9 Å².